The summed E-state index contributed by atoms with van der Waals surface area (Å²) in [6, 6.07) is -0.518. The first kappa shape index (κ1) is 14.2. The monoisotopic (exact) mass is 259 g/mol. The van der Waals surface area contributed by atoms with Gasteiger partial charge < -0.3 is 10.5 Å². The fourth-order valence-corrected chi connectivity index (χ4v) is 1.81. The normalized spacial score (nSPS) is 12.7. The Morgan fingerprint density at radius 1 is 1.71 bits per heavy atom. The predicted octanol–water partition coefficient (Wildman–Crippen LogP) is 1.49. The molecular formula is C11H18ClN3O2. The van der Waals surface area contributed by atoms with E-state index in [4.69, 9.17) is 22.1 Å². The third-order valence-corrected chi connectivity index (χ3v) is 2.75. The molecule has 0 aliphatic heterocycles. The molecule has 0 aliphatic rings. The van der Waals surface area contributed by atoms with Crippen LogP contribution in [0.15, 0.2) is 6.20 Å². The number of methoxy groups -OCH3 is 1. The van der Waals surface area contributed by atoms with E-state index in [0.29, 0.717) is 30.3 Å². The average molecular weight is 260 g/mol. The summed E-state index contributed by atoms with van der Waals surface area (Å²) in [6.07, 6.45) is 2.96. The minimum absolute atomic E-state index is 0.162. The zero-order valence-electron chi connectivity index (χ0n) is 10.1. The van der Waals surface area contributed by atoms with Gasteiger partial charge in [0.05, 0.1) is 30.4 Å². The molecule has 0 saturated heterocycles. The molecule has 1 unspecified atom stereocenters. The summed E-state index contributed by atoms with van der Waals surface area (Å²) in [6.45, 7) is 2.95. The summed E-state index contributed by atoms with van der Waals surface area (Å²) in [7, 11) is 1.59. The van der Waals surface area contributed by atoms with Crippen LogP contribution in [0.3, 0.4) is 0 Å². The summed E-state index contributed by atoms with van der Waals surface area (Å²) < 4.78 is 6.50. The number of rotatable bonds is 7. The van der Waals surface area contributed by atoms with Crippen molar-refractivity contribution in [3.05, 3.63) is 16.9 Å². The summed E-state index contributed by atoms with van der Waals surface area (Å²) in [5.41, 5.74) is 6.18. The van der Waals surface area contributed by atoms with Gasteiger partial charge in [0.1, 0.15) is 5.69 Å². The zero-order chi connectivity index (χ0) is 12.8. The molecule has 5 nitrogen and oxygen atoms in total. The van der Waals surface area contributed by atoms with Gasteiger partial charge in [-0.15, -0.1) is 0 Å². The fourth-order valence-electron chi connectivity index (χ4n) is 1.57. The van der Waals surface area contributed by atoms with E-state index in [1.54, 1.807) is 11.8 Å². The molecule has 0 saturated carbocycles. The Bertz CT molecular complexity index is 379. The summed E-state index contributed by atoms with van der Waals surface area (Å²) >= 11 is 5.96. The standard InChI is InChI=1S/C11H18ClN3O2/c1-3-4-9(13)11(16)10-8(12)7-14-15(10)5-6-17-2/h7,9H,3-6,13H2,1-2H3. The highest BCUT2D eigenvalue weighted by atomic mass is 35.5. The van der Waals surface area contributed by atoms with Gasteiger partial charge in [-0.2, -0.15) is 5.10 Å². The molecule has 0 amide bonds. The highest BCUT2D eigenvalue weighted by Gasteiger charge is 2.22. The number of nitrogens with zero attached hydrogens (tertiary/aromatic N) is 2. The molecule has 2 N–H and O–H groups in total. The second-order valence-corrected chi connectivity index (χ2v) is 4.22. The molecule has 0 fully saturated rings. The van der Waals surface area contributed by atoms with Gasteiger partial charge in [0.15, 0.2) is 5.78 Å². The van der Waals surface area contributed by atoms with Crippen LogP contribution < -0.4 is 5.73 Å². The Labute approximate surface area is 106 Å². The molecule has 96 valence electrons. The van der Waals surface area contributed by atoms with E-state index < -0.39 is 6.04 Å². The quantitative estimate of drug-likeness (QED) is 0.754. The summed E-state index contributed by atoms with van der Waals surface area (Å²) in [4.78, 5) is 12.1. The second kappa shape index (κ2) is 6.74. The number of nitrogens with two attached hydrogens (primary N) is 1. The number of Topliss-reactive ketones (excluding diaryl/α,β-unsaturated/α-hetero) is 1. The minimum atomic E-state index is -0.518. The maximum Gasteiger partial charge on any atom is 0.199 e. The van der Waals surface area contributed by atoms with Crippen LogP contribution in [0.4, 0.5) is 0 Å². The van der Waals surface area contributed by atoms with Crippen molar-refractivity contribution in [2.75, 3.05) is 13.7 Å². The Kier molecular flexibility index (Phi) is 5.61. The molecule has 1 atom stereocenters. The molecule has 0 aromatic carbocycles. The SMILES string of the molecule is CCCC(N)C(=O)c1c(Cl)cnn1CCOC. The lowest BCUT2D eigenvalue weighted by Crippen LogP contribution is -2.32. The first-order valence-electron chi connectivity index (χ1n) is 5.61. The zero-order valence-corrected chi connectivity index (χ0v) is 10.9. The Balaban J connectivity index is 2.87. The highest BCUT2D eigenvalue weighted by Crippen LogP contribution is 2.17. The first-order valence-corrected chi connectivity index (χ1v) is 5.99. The number of hydrogen-bond acceptors (Lipinski definition) is 4. The molecule has 1 aromatic rings. The lowest BCUT2D eigenvalue weighted by Gasteiger charge is -2.11. The van der Waals surface area contributed by atoms with Crippen LogP contribution in [0.2, 0.25) is 5.02 Å². The van der Waals surface area contributed by atoms with Crippen molar-refractivity contribution in [3.63, 3.8) is 0 Å². The van der Waals surface area contributed by atoms with E-state index in [2.05, 4.69) is 5.10 Å². The molecular weight excluding hydrogens is 242 g/mol. The van der Waals surface area contributed by atoms with Gasteiger partial charge in [-0.05, 0) is 6.42 Å². The van der Waals surface area contributed by atoms with Gasteiger partial charge >= 0.3 is 0 Å². The van der Waals surface area contributed by atoms with Crippen molar-refractivity contribution in [2.24, 2.45) is 5.73 Å². The largest absolute Gasteiger partial charge is 0.383 e. The molecule has 0 aliphatic carbocycles. The molecule has 6 heteroatoms. The van der Waals surface area contributed by atoms with Crippen LogP contribution >= 0.6 is 11.6 Å². The van der Waals surface area contributed by atoms with E-state index in [0.717, 1.165) is 6.42 Å². The topological polar surface area (TPSA) is 70.1 Å². The van der Waals surface area contributed by atoms with Gasteiger partial charge in [0, 0.05) is 7.11 Å². The maximum absolute atomic E-state index is 12.1. The molecule has 0 spiro atoms. The lowest BCUT2D eigenvalue weighted by molar-refractivity contribution is 0.0942. The van der Waals surface area contributed by atoms with E-state index in [1.807, 2.05) is 6.92 Å². The van der Waals surface area contributed by atoms with Gasteiger partial charge in [-0.3, -0.25) is 9.48 Å². The Morgan fingerprint density at radius 3 is 3.00 bits per heavy atom. The molecule has 17 heavy (non-hydrogen) atoms. The van der Waals surface area contributed by atoms with Gasteiger partial charge in [0.25, 0.3) is 0 Å². The van der Waals surface area contributed by atoms with Crippen molar-refractivity contribution < 1.29 is 9.53 Å². The maximum atomic E-state index is 12.1. The van der Waals surface area contributed by atoms with Crippen molar-refractivity contribution in [3.8, 4) is 0 Å². The van der Waals surface area contributed by atoms with Crippen molar-refractivity contribution in [2.45, 2.75) is 32.4 Å². The number of hydrogen-bond donors (Lipinski definition) is 1. The smallest absolute Gasteiger partial charge is 0.199 e. The summed E-state index contributed by atoms with van der Waals surface area (Å²) in [5.74, 6) is -0.162. The van der Waals surface area contributed by atoms with Crippen LogP contribution in [0.25, 0.3) is 0 Å². The number of aromatic nitrogens is 2. The minimum Gasteiger partial charge on any atom is -0.383 e. The van der Waals surface area contributed by atoms with E-state index in [-0.39, 0.29) is 5.78 Å². The Morgan fingerprint density at radius 2 is 2.41 bits per heavy atom. The third kappa shape index (κ3) is 3.52. The fraction of sp³-hybridized carbons (Fsp3) is 0.636. The third-order valence-electron chi connectivity index (χ3n) is 2.47. The van der Waals surface area contributed by atoms with Crippen LogP contribution in [0.1, 0.15) is 30.3 Å². The first-order chi connectivity index (χ1) is 8.11. The van der Waals surface area contributed by atoms with Gasteiger partial charge in [0.2, 0.25) is 0 Å². The van der Waals surface area contributed by atoms with Crippen LogP contribution in [0.5, 0.6) is 0 Å². The number of halogens is 1. The van der Waals surface area contributed by atoms with Crippen LogP contribution in [-0.2, 0) is 11.3 Å². The molecule has 1 aromatic heterocycles. The number of ketones is 1. The van der Waals surface area contributed by atoms with Crippen LogP contribution in [0, 0.1) is 0 Å². The summed E-state index contributed by atoms with van der Waals surface area (Å²) in [5, 5.41) is 4.39. The molecule has 1 rings (SSSR count). The van der Waals surface area contributed by atoms with Crippen molar-refractivity contribution in [1.82, 2.24) is 9.78 Å². The second-order valence-electron chi connectivity index (χ2n) is 3.82. The molecule has 0 bridgehead atoms. The number of ether oxygens (including phenoxy) is 1. The average Bonchev–Trinajstić information content (AvgIpc) is 2.67. The van der Waals surface area contributed by atoms with Crippen molar-refractivity contribution in [1.29, 1.82) is 0 Å². The molecule has 1 heterocycles. The number of carbonyl (C=O) groups excluding carboxylic acids is 1. The Hall–Kier alpha value is -0.910. The lowest BCUT2D eigenvalue weighted by atomic mass is 10.1. The van der Waals surface area contributed by atoms with E-state index in [9.17, 15) is 4.79 Å². The number of carbonyl (C=O) groups is 1. The highest BCUT2D eigenvalue weighted by molar-refractivity contribution is 6.33. The predicted molar refractivity (Wildman–Crippen MR) is 66.3 cm³/mol. The van der Waals surface area contributed by atoms with Crippen molar-refractivity contribution >= 4 is 17.4 Å². The van der Waals surface area contributed by atoms with Gasteiger partial charge in [-0.1, -0.05) is 24.9 Å². The van der Waals surface area contributed by atoms with Gasteiger partial charge in [-0.25, -0.2) is 0 Å². The van der Waals surface area contributed by atoms with Crippen LogP contribution in [-0.4, -0.2) is 35.3 Å². The molecule has 0 radical (unpaired) electrons. The van der Waals surface area contributed by atoms with E-state index >= 15 is 0 Å². The van der Waals surface area contributed by atoms with E-state index in [1.165, 1.54) is 6.20 Å².